The molecule has 20 heavy (non-hydrogen) atoms. The Balaban J connectivity index is 2.11. The summed E-state index contributed by atoms with van der Waals surface area (Å²) in [7, 11) is 0. The van der Waals surface area contributed by atoms with Gasteiger partial charge in [-0.3, -0.25) is 4.79 Å². The molecule has 5 heteroatoms. The second-order valence-corrected chi connectivity index (χ2v) is 5.06. The number of nitrogens with zero attached hydrogens (tertiary/aromatic N) is 2. The number of amides is 1. The van der Waals surface area contributed by atoms with Crippen molar-refractivity contribution in [2.24, 2.45) is 0 Å². The maximum absolute atomic E-state index is 12.2. The molecule has 0 aliphatic rings. The summed E-state index contributed by atoms with van der Waals surface area (Å²) in [6, 6.07) is 7.37. The lowest BCUT2D eigenvalue weighted by atomic mass is 10.1. The molecule has 0 aliphatic heterocycles. The standard InChI is InChI=1S/C15H16ClN3O/c1-9-14(10(2)19-11(3)18-9)15(20)17-8-12-4-6-13(16)7-5-12/h4-7H,8H2,1-3H3,(H,17,20). The number of aromatic nitrogens is 2. The minimum absolute atomic E-state index is 0.157. The van der Waals surface area contributed by atoms with Crippen LogP contribution in [0.5, 0.6) is 0 Å². The Bertz CT molecular complexity index is 615. The van der Waals surface area contributed by atoms with Gasteiger partial charge in [0.15, 0.2) is 0 Å². The zero-order chi connectivity index (χ0) is 14.7. The van der Waals surface area contributed by atoms with Crippen LogP contribution in [0.2, 0.25) is 5.02 Å². The molecule has 2 rings (SSSR count). The van der Waals surface area contributed by atoms with E-state index in [2.05, 4.69) is 15.3 Å². The maximum Gasteiger partial charge on any atom is 0.255 e. The van der Waals surface area contributed by atoms with Crippen LogP contribution < -0.4 is 5.32 Å². The van der Waals surface area contributed by atoms with Gasteiger partial charge in [-0.25, -0.2) is 9.97 Å². The van der Waals surface area contributed by atoms with Crippen LogP contribution in [0.15, 0.2) is 24.3 Å². The van der Waals surface area contributed by atoms with Gasteiger partial charge in [-0.1, -0.05) is 23.7 Å². The fourth-order valence-corrected chi connectivity index (χ4v) is 2.21. The summed E-state index contributed by atoms with van der Waals surface area (Å²) >= 11 is 5.82. The first-order valence-corrected chi connectivity index (χ1v) is 6.69. The number of hydrogen-bond donors (Lipinski definition) is 1. The molecule has 1 amide bonds. The first-order chi connectivity index (χ1) is 9.47. The second-order valence-electron chi connectivity index (χ2n) is 4.63. The van der Waals surface area contributed by atoms with Crippen LogP contribution in [0.3, 0.4) is 0 Å². The average molecular weight is 290 g/mol. The smallest absolute Gasteiger partial charge is 0.255 e. The predicted octanol–water partition coefficient (Wildman–Crippen LogP) is 2.99. The Labute approximate surface area is 123 Å². The number of benzene rings is 1. The van der Waals surface area contributed by atoms with E-state index in [1.54, 1.807) is 12.1 Å². The van der Waals surface area contributed by atoms with Gasteiger partial charge in [0, 0.05) is 11.6 Å². The highest BCUT2D eigenvalue weighted by atomic mass is 35.5. The zero-order valence-electron chi connectivity index (χ0n) is 11.7. The molecule has 0 bridgehead atoms. The fraction of sp³-hybridized carbons (Fsp3) is 0.267. The van der Waals surface area contributed by atoms with E-state index in [1.165, 1.54) is 0 Å². The summed E-state index contributed by atoms with van der Waals surface area (Å²) in [5.41, 5.74) is 2.93. The maximum atomic E-state index is 12.2. The van der Waals surface area contributed by atoms with Crippen LogP contribution in [0, 0.1) is 20.8 Å². The van der Waals surface area contributed by atoms with E-state index in [0.29, 0.717) is 34.3 Å². The van der Waals surface area contributed by atoms with Crippen LogP contribution in [-0.4, -0.2) is 15.9 Å². The van der Waals surface area contributed by atoms with Gasteiger partial charge in [0.25, 0.3) is 5.91 Å². The molecular weight excluding hydrogens is 274 g/mol. The van der Waals surface area contributed by atoms with E-state index < -0.39 is 0 Å². The number of hydrogen-bond acceptors (Lipinski definition) is 3. The van der Waals surface area contributed by atoms with E-state index in [0.717, 1.165) is 5.56 Å². The Kier molecular flexibility index (Phi) is 4.35. The largest absolute Gasteiger partial charge is 0.348 e. The second kappa shape index (κ2) is 6.01. The molecule has 0 fully saturated rings. The monoisotopic (exact) mass is 289 g/mol. The van der Waals surface area contributed by atoms with Gasteiger partial charge >= 0.3 is 0 Å². The first kappa shape index (κ1) is 14.5. The van der Waals surface area contributed by atoms with Gasteiger partial charge in [-0.05, 0) is 38.5 Å². The van der Waals surface area contributed by atoms with Gasteiger partial charge in [-0.2, -0.15) is 0 Å². The highest BCUT2D eigenvalue weighted by molar-refractivity contribution is 6.30. The normalized spacial score (nSPS) is 10.4. The van der Waals surface area contributed by atoms with E-state index in [4.69, 9.17) is 11.6 Å². The minimum Gasteiger partial charge on any atom is -0.348 e. The molecule has 1 aromatic heterocycles. The van der Waals surface area contributed by atoms with E-state index in [-0.39, 0.29) is 5.91 Å². The van der Waals surface area contributed by atoms with Crippen molar-refractivity contribution >= 4 is 17.5 Å². The molecule has 1 N–H and O–H groups in total. The summed E-state index contributed by atoms with van der Waals surface area (Å²) in [6.07, 6.45) is 0. The Hall–Kier alpha value is -1.94. The third-order valence-corrected chi connectivity index (χ3v) is 3.23. The summed E-state index contributed by atoms with van der Waals surface area (Å²) in [4.78, 5) is 20.7. The molecule has 0 spiro atoms. The zero-order valence-corrected chi connectivity index (χ0v) is 12.5. The molecule has 0 unspecified atom stereocenters. The molecule has 0 saturated carbocycles. The summed E-state index contributed by atoms with van der Waals surface area (Å²) in [6.45, 7) is 5.90. The van der Waals surface area contributed by atoms with Crippen molar-refractivity contribution in [3.63, 3.8) is 0 Å². The molecule has 0 radical (unpaired) electrons. The Morgan fingerprint density at radius 1 is 1.10 bits per heavy atom. The molecule has 1 heterocycles. The highest BCUT2D eigenvalue weighted by Gasteiger charge is 2.14. The van der Waals surface area contributed by atoms with Crippen LogP contribution in [-0.2, 0) is 6.54 Å². The molecular formula is C15H16ClN3O. The number of carbonyl (C=O) groups excluding carboxylic acids is 1. The van der Waals surface area contributed by atoms with E-state index in [9.17, 15) is 4.79 Å². The minimum atomic E-state index is -0.157. The molecule has 0 aliphatic carbocycles. The summed E-state index contributed by atoms with van der Waals surface area (Å²) in [5, 5.41) is 3.55. The van der Waals surface area contributed by atoms with E-state index in [1.807, 2.05) is 32.9 Å². The van der Waals surface area contributed by atoms with Gasteiger partial charge in [0.1, 0.15) is 5.82 Å². The summed E-state index contributed by atoms with van der Waals surface area (Å²) in [5.74, 6) is 0.518. The lowest BCUT2D eigenvalue weighted by Crippen LogP contribution is -2.25. The molecule has 0 saturated heterocycles. The summed E-state index contributed by atoms with van der Waals surface area (Å²) < 4.78 is 0. The molecule has 2 aromatic rings. The lowest BCUT2D eigenvalue weighted by molar-refractivity contribution is 0.0948. The average Bonchev–Trinajstić information content (AvgIpc) is 2.37. The van der Waals surface area contributed by atoms with Gasteiger partial charge in [-0.15, -0.1) is 0 Å². The Morgan fingerprint density at radius 3 is 2.20 bits per heavy atom. The van der Waals surface area contributed by atoms with Crippen LogP contribution in [0.4, 0.5) is 0 Å². The van der Waals surface area contributed by atoms with Gasteiger partial charge in [0.2, 0.25) is 0 Å². The lowest BCUT2D eigenvalue weighted by Gasteiger charge is -2.10. The van der Waals surface area contributed by atoms with Gasteiger partial charge in [0.05, 0.1) is 17.0 Å². The third-order valence-electron chi connectivity index (χ3n) is 2.98. The Morgan fingerprint density at radius 2 is 1.65 bits per heavy atom. The van der Waals surface area contributed by atoms with Crippen molar-refractivity contribution in [1.82, 2.24) is 15.3 Å². The number of halogens is 1. The number of carbonyl (C=O) groups is 1. The van der Waals surface area contributed by atoms with Gasteiger partial charge < -0.3 is 5.32 Å². The number of aryl methyl sites for hydroxylation is 3. The SMILES string of the molecule is Cc1nc(C)c(C(=O)NCc2ccc(Cl)cc2)c(C)n1. The quantitative estimate of drug-likeness (QED) is 0.945. The van der Waals surface area contributed by atoms with Crippen molar-refractivity contribution in [1.29, 1.82) is 0 Å². The molecule has 104 valence electrons. The van der Waals surface area contributed by atoms with Crippen molar-refractivity contribution < 1.29 is 4.79 Å². The van der Waals surface area contributed by atoms with E-state index >= 15 is 0 Å². The van der Waals surface area contributed by atoms with Crippen molar-refractivity contribution in [2.75, 3.05) is 0 Å². The predicted molar refractivity (Wildman–Crippen MR) is 78.9 cm³/mol. The van der Waals surface area contributed by atoms with Crippen molar-refractivity contribution in [3.05, 3.63) is 57.6 Å². The number of rotatable bonds is 3. The highest BCUT2D eigenvalue weighted by Crippen LogP contribution is 2.12. The van der Waals surface area contributed by atoms with Crippen LogP contribution in [0.1, 0.15) is 33.1 Å². The first-order valence-electron chi connectivity index (χ1n) is 6.32. The topological polar surface area (TPSA) is 54.9 Å². The van der Waals surface area contributed by atoms with Crippen LogP contribution >= 0.6 is 11.6 Å². The van der Waals surface area contributed by atoms with Crippen LogP contribution in [0.25, 0.3) is 0 Å². The molecule has 4 nitrogen and oxygen atoms in total. The van der Waals surface area contributed by atoms with Crippen molar-refractivity contribution in [2.45, 2.75) is 27.3 Å². The number of nitrogens with one attached hydrogen (secondary N) is 1. The molecule has 1 aromatic carbocycles. The molecule has 0 atom stereocenters. The fourth-order valence-electron chi connectivity index (χ4n) is 2.09. The van der Waals surface area contributed by atoms with Crippen molar-refractivity contribution in [3.8, 4) is 0 Å². The third kappa shape index (κ3) is 3.33.